The summed E-state index contributed by atoms with van der Waals surface area (Å²) in [7, 11) is 0. The molecular formula is C39H22N8O4Ti. The number of carboxylic acid groups (broad SMARTS) is 1. The zero-order valence-electron chi connectivity index (χ0n) is 26.8. The van der Waals surface area contributed by atoms with E-state index in [1.807, 2.05) is 97.1 Å². The van der Waals surface area contributed by atoms with Crippen LogP contribution in [0.4, 0.5) is 0 Å². The van der Waals surface area contributed by atoms with Crippen LogP contribution in [0.15, 0.2) is 115 Å². The molecule has 8 aromatic rings. The van der Waals surface area contributed by atoms with Gasteiger partial charge in [-0.25, -0.2) is 14.8 Å². The molecule has 5 heterocycles. The van der Waals surface area contributed by atoms with Crippen molar-refractivity contribution < 1.29 is 41.8 Å². The first-order valence-electron chi connectivity index (χ1n) is 15.8. The molecule has 3 N–H and O–H groups in total. The van der Waals surface area contributed by atoms with Gasteiger partial charge in [-0.05, 0) is 33.7 Å². The second-order valence-electron chi connectivity index (χ2n) is 11.7. The van der Waals surface area contributed by atoms with Crippen LogP contribution in [-0.4, -0.2) is 51.2 Å². The standard InChI is InChI=1S/C32H16N8.C7H6O4.Ti/c1-2-10-18-17(9-1)25-33-26(18)38-28-21-13-5-6-14-22(21)30(35-28)40-32-24-16-8-7-15-23(24)31(36-32)39-29-20-12-4-3-11-19(20)27(34-29)37-25;8-4-1-2-5(7(10)11)6(9)3-4;/h1-16H;1-3,8-9H,(H,10,11);/q-2;;+2. The number of aromatic carboxylic acids is 1. The molecular weight excluding hydrogens is 692 g/mol. The zero-order chi connectivity index (χ0) is 34.6. The Labute approximate surface area is 308 Å². The molecule has 52 heavy (non-hydrogen) atoms. The second-order valence-corrected chi connectivity index (χ2v) is 11.7. The van der Waals surface area contributed by atoms with Crippen LogP contribution < -0.4 is 9.97 Å². The fourth-order valence-electron chi connectivity index (χ4n) is 6.16. The molecule has 0 spiro atoms. The van der Waals surface area contributed by atoms with Crippen molar-refractivity contribution in [3.8, 4) is 57.1 Å². The fraction of sp³-hybridized carbons (Fsp3) is 0. The van der Waals surface area contributed by atoms with Gasteiger partial charge < -0.3 is 45.2 Å². The summed E-state index contributed by atoms with van der Waals surface area (Å²) in [6.07, 6.45) is 0. The molecule has 0 fully saturated rings. The van der Waals surface area contributed by atoms with E-state index in [-0.39, 0.29) is 33.0 Å². The quantitative estimate of drug-likeness (QED) is 0.149. The largest absolute Gasteiger partial charge is 2.00 e. The summed E-state index contributed by atoms with van der Waals surface area (Å²) in [6, 6.07) is 35.1. The van der Waals surface area contributed by atoms with Gasteiger partial charge in [0.2, 0.25) is 0 Å². The van der Waals surface area contributed by atoms with Crippen LogP contribution in [0.3, 0.4) is 0 Å². The molecule has 0 radical (unpaired) electrons. The first kappa shape index (κ1) is 32.4. The summed E-state index contributed by atoms with van der Waals surface area (Å²) >= 11 is 0. The minimum Gasteiger partial charge on any atom is -0.508 e. The van der Waals surface area contributed by atoms with Gasteiger partial charge in [0.25, 0.3) is 0 Å². The van der Waals surface area contributed by atoms with Gasteiger partial charge >= 0.3 is 27.7 Å². The molecule has 12 nitrogen and oxygen atoms in total. The van der Waals surface area contributed by atoms with Gasteiger partial charge in [0, 0.05) is 50.9 Å². The predicted molar refractivity (Wildman–Crippen MR) is 191 cm³/mol. The van der Waals surface area contributed by atoms with Crippen molar-refractivity contribution in [3.05, 3.63) is 121 Å². The van der Waals surface area contributed by atoms with Crippen molar-refractivity contribution in [2.24, 2.45) is 0 Å². The molecule has 0 unspecified atom stereocenters. The van der Waals surface area contributed by atoms with Crippen molar-refractivity contribution in [1.29, 1.82) is 0 Å². The van der Waals surface area contributed by atoms with Crippen LogP contribution in [0, 0.1) is 0 Å². The van der Waals surface area contributed by atoms with Gasteiger partial charge in [-0.3, -0.25) is 0 Å². The number of fused-ring (bicyclic) bond motifs is 20. The number of rotatable bonds is 1. The van der Waals surface area contributed by atoms with Crippen molar-refractivity contribution >= 4 is 50.1 Å². The number of hydrogen-bond donors (Lipinski definition) is 3. The number of nitrogens with zero attached hydrogens (tertiary/aromatic N) is 8. The Kier molecular flexibility index (Phi) is 8.02. The number of carbonyl (C=O) groups is 1. The maximum Gasteiger partial charge on any atom is 2.00 e. The van der Waals surface area contributed by atoms with Crippen molar-refractivity contribution in [2.45, 2.75) is 0 Å². The Hall–Kier alpha value is -6.76. The van der Waals surface area contributed by atoms with E-state index in [9.17, 15) is 4.79 Å². The predicted octanol–water partition coefficient (Wildman–Crippen LogP) is 6.92. The van der Waals surface area contributed by atoms with Gasteiger partial charge in [-0.1, -0.05) is 97.1 Å². The summed E-state index contributed by atoms with van der Waals surface area (Å²) in [4.78, 5) is 49.6. The molecule has 0 atom stereocenters. The van der Waals surface area contributed by atoms with Gasteiger partial charge in [0.1, 0.15) is 17.1 Å². The Morgan fingerprint density at radius 1 is 0.462 bits per heavy atom. The number of phenols is 2. The number of carboxylic acids is 1. The van der Waals surface area contributed by atoms with Crippen molar-refractivity contribution in [3.63, 3.8) is 0 Å². The molecule has 0 aliphatic carbocycles. The van der Waals surface area contributed by atoms with E-state index in [4.69, 9.17) is 55.2 Å². The molecule has 8 bridgehead atoms. The molecule has 2 aliphatic rings. The third-order valence-electron chi connectivity index (χ3n) is 8.54. The van der Waals surface area contributed by atoms with Crippen LogP contribution >= 0.6 is 0 Å². The van der Waals surface area contributed by atoms with E-state index in [1.54, 1.807) is 0 Å². The van der Waals surface area contributed by atoms with Crippen LogP contribution in [0.5, 0.6) is 11.5 Å². The average molecular weight is 715 g/mol. The van der Waals surface area contributed by atoms with Crippen LogP contribution in [0.2, 0.25) is 0 Å². The van der Waals surface area contributed by atoms with Crippen LogP contribution in [-0.2, 0) is 21.7 Å². The van der Waals surface area contributed by atoms with Crippen molar-refractivity contribution in [2.75, 3.05) is 0 Å². The minimum atomic E-state index is -1.22. The first-order chi connectivity index (χ1) is 24.9. The zero-order valence-corrected chi connectivity index (χ0v) is 28.4. The monoisotopic (exact) mass is 714 g/mol. The Morgan fingerprint density at radius 3 is 1.10 bits per heavy atom. The van der Waals surface area contributed by atoms with Crippen LogP contribution in [0.1, 0.15) is 10.4 Å². The van der Waals surface area contributed by atoms with E-state index in [2.05, 4.69) is 0 Å². The molecule has 13 heteroatoms. The molecule has 0 saturated heterocycles. The third kappa shape index (κ3) is 5.52. The molecule has 0 amide bonds. The summed E-state index contributed by atoms with van der Waals surface area (Å²) < 4.78 is 0. The fourth-order valence-corrected chi connectivity index (χ4v) is 6.16. The Morgan fingerprint density at radius 2 is 0.788 bits per heavy atom. The number of phenolic OH excluding ortho intramolecular Hbond substituents is 1. The van der Waals surface area contributed by atoms with Gasteiger partial charge in [-0.2, -0.15) is 0 Å². The van der Waals surface area contributed by atoms with Gasteiger partial charge in [0.15, 0.2) is 0 Å². The van der Waals surface area contributed by atoms with Gasteiger partial charge in [0.05, 0.1) is 23.3 Å². The number of aromatic hydroxyl groups is 2. The molecule has 246 valence electrons. The van der Waals surface area contributed by atoms with Gasteiger partial charge in [-0.15, -0.1) is 0 Å². The number of hydrogen-bond acceptors (Lipinski definition) is 9. The molecule has 2 aliphatic heterocycles. The molecule has 10 rings (SSSR count). The van der Waals surface area contributed by atoms with E-state index in [0.29, 0.717) is 45.9 Å². The topological polar surface area (TPSA) is 183 Å². The molecule has 5 aromatic carbocycles. The number of benzene rings is 5. The van der Waals surface area contributed by atoms with E-state index < -0.39 is 11.7 Å². The average Bonchev–Trinajstić information content (AvgIpc) is 3.87. The smallest absolute Gasteiger partial charge is 0.508 e. The summed E-state index contributed by atoms with van der Waals surface area (Å²) in [6.45, 7) is 0. The second kappa shape index (κ2) is 12.8. The normalized spacial score (nSPS) is 11.2. The summed E-state index contributed by atoms with van der Waals surface area (Å²) in [5.74, 6) is 0.396. The van der Waals surface area contributed by atoms with Crippen molar-refractivity contribution in [1.82, 2.24) is 39.9 Å². The third-order valence-corrected chi connectivity index (χ3v) is 8.54. The minimum absolute atomic E-state index is 0. The summed E-state index contributed by atoms with van der Waals surface area (Å²) in [5, 5.41) is 29.7. The number of aromatic nitrogens is 8. The molecule has 3 aromatic heterocycles. The maximum absolute atomic E-state index is 10.3. The summed E-state index contributed by atoms with van der Waals surface area (Å²) in [5.41, 5.74) is 5.56. The Balaban J connectivity index is 0.000000280. The maximum atomic E-state index is 10.3. The van der Waals surface area contributed by atoms with Crippen LogP contribution in [0.25, 0.3) is 89.7 Å². The Bertz CT molecular complexity index is 2580. The van der Waals surface area contributed by atoms with E-state index >= 15 is 0 Å². The first-order valence-corrected chi connectivity index (χ1v) is 15.8. The SMILES string of the molecule is O=C(O)c1ccc(O)cc1O.[Ti+2].c1ccc2c(c1)-c1nc-2nc2[n-]c(nc3nc(nc4[n-]c(n1)c1ccccc41)-c1ccccc1-3)c1ccccc21. The van der Waals surface area contributed by atoms with E-state index in [0.717, 1.165) is 55.9 Å². The molecule has 0 saturated carbocycles. The van der Waals surface area contributed by atoms with E-state index in [1.165, 1.54) is 6.07 Å².